The van der Waals surface area contributed by atoms with Crippen molar-refractivity contribution in [1.82, 2.24) is 5.32 Å². The quantitative estimate of drug-likeness (QED) is 0.758. The summed E-state index contributed by atoms with van der Waals surface area (Å²) in [5.41, 5.74) is 1.51. The number of hydrogen-bond acceptors (Lipinski definition) is 5. The molecular formula is C21H20N2O4S. The Hall–Kier alpha value is -2.80. The van der Waals surface area contributed by atoms with Crippen LogP contribution in [-0.4, -0.2) is 29.6 Å². The van der Waals surface area contributed by atoms with Crippen molar-refractivity contribution < 1.29 is 19.1 Å². The minimum absolute atomic E-state index is 0.0808. The highest BCUT2D eigenvalue weighted by atomic mass is 32.2. The zero-order chi connectivity index (χ0) is 19.5. The third-order valence-corrected chi connectivity index (χ3v) is 5.64. The number of amides is 2. The fourth-order valence-corrected chi connectivity index (χ4v) is 3.86. The van der Waals surface area contributed by atoms with E-state index in [1.807, 2.05) is 6.07 Å². The van der Waals surface area contributed by atoms with E-state index in [-0.39, 0.29) is 17.9 Å². The Bertz CT molecular complexity index is 912. The maximum atomic E-state index is 12.8. The van der Waals surface area contributed by atoms with E-state index in [2.05, 4.69) is 10.6 Å². The number of hydrogen-bond donors (Lipinski definition) is 2. The second kappa shape index (κ2) is 8.06. The Morgan fingerprint density at radius 1 is 1.14 bits per heavy atom. The zero-order valence-electron chi connectivity index (χ0n) is 15.1. The van der Waals surface area contributed by atoms with Crippen LogP contribution in [0.5, 0.6) is 0 Å². The van der Waals surface area contributed by atoms with E-state index >= 15 is 0 Å². The molecule has 1 saturated carbocycles. The van der Waals surface area contributed by atoms with Gasteiger partial charge in [0.15, 0.2) is 0 Å². The summed E-state index contributed by atoms with van der Waals surface area (Å²) in [4.78, 5) is 38.1. The van der Waals surface area contributed by atoms with Gasteiger partial charge in [-0.25, -0.2) is 4.79 Å². The van der Waals surface area contributed by atoms with Gasteiger partial charge < -0.3 is 15.4 Å². The number of fused-ring (bicyclic) bond motifs is 1. The number of rotatable bonds is 5. The third kappa shape index (κ3) is 4.36. The highest BCUT2D eigenvalue weighted by Gasteiger charge is 2.31. The second-order valence-corrected chi connectivity index (χ2v) is 7.97. The van der Waals surface area contributed by atoms with Crippen molar-refractivity contribution in [3.05, 3.63) is 59.7 Å². The number of thioether (sulfide) groups is 1. The van der Waals surface area contributed by atoms with Crippen LogP contribution in [0, 0.1) is 0 Å². The largest absolute Gasteiger partial charge is 0.444 e. The number of ether oxygens (including phenoxy) is 1. The van der Waals surface area contributed by atoms with E-state index in [0.717, 1.165) is 17.7 Å². The smallest absolute Gasteiger partial charge is 0.339 e. The minimum Gasteiger partial charge on any atom is -0.444 e. The molecule has 144 valence electrons. The maximum absolute atomic E-state index is 12.8. The Kier molecular flexibility index (Phi) is 5.34. The van der Waals surface area contributed by atoms with Crippen LogP contribution < -0.4 is 10.6 Å². The van der Waals surface area contributed by atoms with Crippen LogP contribution in [0.4, 0.5) is 5.69 Å². The Morgan fingerprint density at radius 3 is 2.68 bits per heavy atom. The Morgan fingerprint density at radius 2 is 1.93 bits per heavy atom. The summed E-state index contributed by atoms with van der Waals surface area (Å²) in [5.74, 6) is -0.311. The summed E-state index contributed by atoms with van der Waals surface area (Å²) in [5, 5.41) is 5.71. The summed E-state index contributed by atoms with van der Waals surface area (Å²) in [6.07, 6.45) is 1.31. The molecule has 0 unspecified atom stereocenters. The monoisotopic (exact) mass is 396 g/mol. The van der Waals surface area contributed by atoms with Crippen LogP contribution in [-0.2, 0) is 14.3 Å². The molecule has 28 heavy (non-hydrogen) atoms. The molecule has 2 amide bonds. The van der Waals surface area contributed by atoms with Crippen molar-refractivity contribution in [2.45, 2.75) is 36.3 Å². The molecule has 0 bridgehead atoms. The fraction of sp³-hybridized carbons (Fsp3) is 0.286. The van der Waals surface area contributed by atoms with Gasteiger partial charge >= 0.3 is 5.97 Å². The summed E-state index contributed by atoms with van der Waals surface area (Å²) < 4.78 is 5.59. The van der Waals surface area contributed by atoms with Gasteiger partial charge in [-0.1, -0.05) is 30.3 Å². The first-order chi connectivity index (χ1) is 13.6. The van der Waals surface area contributed by atoms with Crippen LogP contribution in [0.25, 0.3) is 0 Å². The van der Waals surface area contributed by atoms with Gasteiger partial charge in [-0.2, -0.15) is 0 Å². The zero-order valence-corrected chi connectivity index (χ0v) is 16.0. The standard InChI is InChI=1S/C21H20N2O4S/c24-18-10-11-28-17-9-6-14(12-16(17)23-18)21(26)27-19(13-4-2-1-3-5-13)20(25)22-15-7-8-15/h1-6,9,12,15,19H,7-8,10-11H2,(H,22,25)(H,23,24)/t19-/m1/s1. The predicted molar refractivity (Wildman–Crippen MR) is 106 cm³/mol. The van der Waals surface area contributed by atoms with E-state index in [1.165, 1.54) is 0 Å². The lowest BCUT2D eigenvalue weighted by atomic mass is 10.1. The van der Waals surface area contributed by atoms with Crippen molar-refractivity contribution in [2.75, 3.05) is 11.1 Å². The molecule has 2 aromatic rings. The molecule has 7 heteroatoms. The van der Waals surface area contributed by atoms with Crippen molar-refractivity contribution >= 4 is 35.2 Å². The number of anilines is 1. The molecule has 1 heterocycles. The number of nitrogens with one attached hydrogen (secondary N) is 2. The van der Waals surface area contributed by atoms with Crippen molar-refractivity contribution in [1.29, 1.82) is 0 Å². The van der Waals surface area contributed by atoms with Gasteiger partial charge in [-0.15, -0.1) is 11.8 Å². The Balaban J connectivity index is 1.55. The lowest BCUT2D eigenvalue weighted by molar-refractivity contribution is -0.130. The normalized spacial score (nSPS) is 16.9. The lowest BCUT2D eigenvalue weighted by Gasteiger charge is -2.18. The molecular weight excluding hydrogens is 376 g/mol. The van der Waals surface area contributed by atoms with E-state index in [0.29, 0.717) is 29.0 Å². The molecule has 0 aromatic heterocycles. The molecule has 2 N–H and O–H groups in total. The molecule has 6 nitrogen and oxygen atoms in total. The van der Waals surface area contributed by atoms with Gasteiger partial charge in [-0.05, 0) is 31.0 Å². The van der Waals surface area contributed by atoms with Gasteiger partial charge in [0.1, 0.15) is 0 Å². The molecule has 1 aliphatic heterocycles. The third-order valence-electron chi connectivity index (χ3n) is 4.57. The molecule has 1 aliphatic carbocycles. The number of benzene rings is 2. The van der Waals surface area contributed by atoms with Crippen molar-refractivity contribution in [2.24, 2.45) is 0 Å². The van der Waals surface area contributed by atoms with Crippen LogP contribution in [0.1, 0.15) is 41.3 Å². The average molecular weight is 396 g/mol. The van der Waals surface area contributed by atoms with E-state index in [1.54, 1.807) is 54.2 Å². The summed E-state index contributed by atoms with van der Waals surface area (Å²) in [6.45, 7) is 0. The van der Waals surface area contributed by atoms with Crippen LogP contribution in [0.2, 0.25) is 0 Å². The van der Waals surface area contributed by atoms with E-state index in [9.17, 15) is 14.4 Å². The predicted octanol–water partition coefficient (Wildman–Crippen LogP) is 3.30. The summed E-state index contributed by atoms with van der Waals surface area (Å²) in [6, 6.07) is 14.2. The SMILES string of the molecule is O=C1CCSc2ccc(C(=O)O[C@@H](C(=O)NC3CC3)c3ccccc3)cc2N1. The molecule has 1 atom stereocenters. The molecule has 2 aromatic carbocycles. The molecule has 4 rings (SSSR count). The molecule has 0 radical (unpaired) electrons. The minimum atomic E-state index is -1.02. The molecule has 1 fully saturated rings. The van der Waals surface area contributed by atoms with Gasteiger partial charge in [0.2, 0.25) is 12.0 Å². The van der Waals surface area contributed by atoms with Gasteiger partial charge in [0.05, 0.1) is 11.3 Å². The number of carbonyl (C=O) groups excluding carboxylic acids is 3. The fourth-order valence-electron chi connectivity index (χ4n) is 2.93. The highest BCUT2D eigenvalue weighted by molar-refractivity contribution is 7.99. The Labute approximate surface area is 167 Å². The summed E-state index contributed by atoms with van der Waals surface area (Å²) in [7, 11) is 0. The average Bonchev–Trinajstić information content (AvgIpc) is 3.52. The first kappa shape index (κ1) is 18.6. The highest BCUT2D eigenvalue weighted by Crippen LogP contribution is 2.32. The van der Waals surface area contributed by atoms with Crippen molar-refractivity contribution in [3.8, 4) is 0 Å². The van der Waals surface area contributed by atoms with Crippen LogP contribution in [0.15, 0.2) is 53.4 Å². The van der Waals surface area contributed by atoms with Gasteiger partial charge in [0.25, 0.3) is 5.91 Å². The van der Waals surface area contributed by atoms with Crippen LogP contribution in [0.3, 0.4) is 0 Å². The van der Waals surface area contributed by atoms with E-state index < -0.39 is 12.1 Å². The van der Waals surface area contributed by atoms with Crippen LogP contribution >= 0.6 is 11.8 Å². The van der Waals surface area contributed by atoms with Gasteiger partial charge in [-0.3, -0.25) is 9.59 Å². The number of carbonyl (C=O) groups is 3. The molecule has 2 aliphatic rings. The second-order valence-electron chi connectivity index (χ2n) is 6.84. The maximum Gasteiger partial charge on any atom is 0.339 e. The topological polar surface area (TPSA) is 84.5 Å². The molecule has 0 saturated heterocycles. The summed E-state index contributed by atoms with van der Waals surface area (Å²) >= 11 is 1.56. The van der Waals surface area contributed by atoms with Crippen molar-refractivity contribution in [3.63, 3.8) is 0 Å². The number of esters is 1. The first-order valence-corrected chi connectivity index (χ1v) is 10.2. The van der Waals surface area contributed by atoms with E-state index in [4.69, 9.17) is 4.74 Å². The lowest BCUT2D eigenvalue weighted by Crippen LogP contribution is -2.33. The first-order valence-electron chi connectivity index (χ1n) is 9.23. The van der Waals surface area contributed by atoms with Gasteiger partial charge in [0, 0.05) is 28.7 Å². The molecule has 0 spiro atoms.